The summed E-state index contributed by atoms with van der Waals surface area (Å²) in [6.45, 7) is 6.10. The van der Waals surface area contributed by atoms with Crippen molar-refractivity contribution in [1.82, 2.24) is 24.5 Å². The minimum Gasteiger partial charge on any atom is -0.388 e. The van der Waals surface area contributed by atoms with Crippen molar-refractivity contribution in [3.63, 3.8) is 0 Å². The van der Waals surface area contributed by atoms with E-state index in [0.717, 1.165) is 37.0 Å². The van der Waals surface area contributed by atoms with Gasteiger partial charge in [0.15, 0.2) is 0 Å². The SMILES string of the molecule is COC1(CN)CCN(c2nccc(Nc3cc4c(cn3)nc(CO)n4C(C)C)n2)CC1. The van der Waals surface area contributed by atoms with Crippen LogP contribution in [0.1, 0.15) is 38.6 Å². The Morgan fingerprint density at radius 1 is 1.23 bits per heavy atom. The summed E-state index contributed by atoms with van der Waals surface area (Å²) in [4.78, 5) is 20.2. The van der Waals surface area contributed by atoms with E-state index < -0.39 is 0 Å². The van der Waals surface area contributed by atoms with E-state index in [-0.39, 0.29) is 18.2 Å². The lowest BCUT2D eigenvalue weighted by atomic mass is 9.91. The van der Waals surface area contributed by atoms with Gasteiger partial charge in [0.05, 0.1) is 17.3 Å². The van der Waals surface area contributed by atoms with Crippen LogP contribution in [0.25, 0.3) is 11.0 Å². The van der Waals surface area contributed by atoms with Crippen molar-refractivity contribution in [1.29, 1.82) is 0 Å². The number of aliphatic hydroxyl groups is 1. The number of ether oxygens (including phenoxy) is 1. The first-order valence-electron chi connectivity index (χ1n) is 10.6. The molecule has 0 radical (unpaired) electrons. The van der Waals surface area contributed by atoms with Gasteiger partial charge in [-0.15, -0.1) is 0 Å². The minimum absolute atomic E-state index is 0.116. The highest BCUT2D eigenvalue weighted by atomic mass is 16.5. The number of aliphatic hydroxyl groups excluding tert-OH is 1. The molecule has 10 nitrogen and oxygen atoms in total. The summed E-state index contributed by atoms with van der Waals surface area (Å²) < 4.78 is 7.67. The molecule has 4 N–H and O–H groups in total. The van der Waals surface area contributed by atoms with Gasteiger partial charge in [-0.1, -0.05) is 0 Å². The molecule has 4 heterocycles. The number of nitrogens with two attached hydrogens (primary N) is 1. The maximum Gasteiger partial charge on any atom is 0.227 e. The summed E-state index contributed by atoms with van der Waals surface area (Å²) in [5, 5.41) is 12.9. The lowest BCUT2D eigenvalue weighted by molar-refractivity contribution is -0.0217. The van der Waals surface area contributed by atoms with Crippen LogP contribution in [-0.4, -0.2) is 62.0 Å². The highest BCUT2D eigenvalue weighted by Gasteiger charge is 2.34. The Balaban J connectivity index is 1.54. The molecule has 0 aliphatic carbocycles. The van der Waals surface area contributed by atoms with E-state index in [0.29, 0.717) is 30.0 Å². The highest BCUT2D eigenvalue weighted by Crippen LogP contribution is 2.28. The van der Waals surface area contributed by atoms with Gasteiger partial charge in [0.1, 0.15) is 29.6 Å². The number of imidazole rings is 1. The number of nitrogens with one attached hydrogen (secondary N) is 1. The average Bonchev–Trinajstić information content (AvgIpc) is 3.17. The maximum absolute atomic E-state index is 9.64. The van der Waals surface area contributed by atoms with Crippen LogP contribution >= 0.6 is 0 Å². The van der Waals surface area contributed by atoms with E-state index in [1.54, 1.807) is 19.5 Å². The highest BCUT2D eigenvalue weighted by molar-refractivity contribution is 5.79. The van der Waals surface area contributed by atoms with Crippen molar-refractivity contribution >= 4 is 28.6 Å². The monoisotopic (exact) mass is 426 g/mol. The van der Waals surface area contributed by atoms with Gasteiger partial charge in [0.25, 0.3) is 0 Å². The van der Waals surface area contributed by atoms with Gasteiger partial charge in [-0.25, -0.2) is 15.0 Å². The van der Waals surface area contributed by atoms with E-state index in [1.807, 2.05) is 16.7 Å². The van der Waals surface area contributed by atoms with Crippen LogP contribution in [0.2, 0.25) is 0 Å². The van der Waals surface area contributed by atoms with Gasteiger partial charge in [0, 0.05) is 45.0 Å². The number of nitrogens with zero attached hydrogens (tertiary/aromatic N) is 6. The fourth-order valence-corrected chi connectivity index (χ4v) is 4.11. The smallest absolute Gasteiger partial charge is 0.227 e. The van der Waals surface area contributed by atoms with Crippen molar-refractivity contribution in [3.8, 4) is 0 Å². The lowest BCUT2D eigenvalue weighted by Gasteiger charge is -2.40. The number of fused-ring (bicyclic) bond motifs is 1. The van der Waals surface area contributed by atoms with Crippen molar-refractivity contribution < 1.29 is 9.84 Å². The standard InChI is InChI=1S/C21H30N8O2/c1-14(2)29-16-10-18(24-11-15(16)25-19(29)12-30)26-17-4-7-23-20(27-17)28-8-5-21(13-22,31-3)6-9-28/h4,7,10-11,14,30H,5-6,8-9,12-13,22H2,1-3H3,(H,23,24,26,27). The van der Waals surface area contributed by atoms with E-state index in [9.17, 15) is 5.11 Å². The summed E-state index contributed by atoms with van der Waals surface area (Å²) in [6, 6.07) is 3.91. The molecule has 0 atom stereocenters. The van der Waals surface area contributed by atoms with Crippen LogP contribution in [0.5, 0.6) is 0 Å². The first kappa shape index (κ1) is 21.4. The molecule has 3 aromatic heterocycles. The van der Waals surface area contributed by atoms with E-state index in [1.165, 1.54) is 0 Å². The Morgan fingerprint density at radius 2 is 2.00 bits per heavy atom. The molecule has 1 fully saturated rings. The van der Waals surface area contributed by atoms with E-state index in [4.69, 9.17) is 10.5 Å². The average molecular weight is 427 g/mol. The predicted octanol–water partition coefficient (Wildman–Crippen LogP) is 1.98. The van der Waals surface area contributed by atoms with Gasteiger partial charge >= 0.3 is 0 Å². The molecule has 1 aliphatic rings. The minimum atomic E-state index is -0.252. The van der Waals surface area contributed by atoms with Gasteiger partial charge in [0.2, 0.25) is 5.95 Å². The fraction of sp³-hybridized carbons (Fsp3) is 0.524. The van der Waals surface area contributed by atoms with Crippen molar-refractivity contribution in [3.05, 3.63) is 30.4 Å². The number of rotatable bonds is 7. The van der Waals surface area contributed by atoms with Gasteiger partial charge in [-0.3, -0.25) is 0 Å². The molecule has 10 heteroatoms. The third-order valence-electron chi connectivity index (χ3n) is 5.97. The quantitative estimate of drug-likeness (QED) is 0.519. The number of pyridine rings is 1. The number of anilines is 3. The molecule has 4 rings (SSSR count). The van der Waals surface area contributed by atoms with Crippen LogP contribution in [0.15, 0.2) is 24.5 Å². The van der Waals surface area contributed by atoms with Gasteiger partial charge in [-0.05, 0) is 32.8 Å². The Morgan fingerprint density at radius 3 is 2.65 bits per heavy atom. The zero-order chi connectivity index (χ0) is 22.0. The molecule has 1 aliphatic heterocycles. The molecule has 31 heavy (non-hydrogen) atoms. The molecule has 0 amide bonds. The second-order valence-electron chi connectivity index (χ2n) is 8.15. The number of aromatic nitrogens is 5. The van der Waals surface area contributed by atoms with Gasteiger partial charge < -0.3 is 30.4 Å². The molecular weight excluding hydrogens is 396 g/mol. The number of piperidine rings is 1. The summed E-state index contributed by atoms with van der Waals surface area (Å²) >= 11 is 0. The summed E-state index contributed by atoms with van der Waals surface area (Å²) in [5.74, 6) is 2.62. The molecule has 0 bridgehead atoms. The third-order valence-corrected chi connectivity index (χ3v) is 5.97. The van der Waals surface area contributed by atoms with Crippen LogP contribution in [0.3, 0.4) is 0 Å². The van der Waals surface area contributed by atoms with E-state index >= 15 is 0 Å². The third kappa shape index (κ3) is 4.18. The molecule has 0 aromatic carbocycles. The van der Waals surface area contributed by atoms with Crippen LogP contribution in [0, 0.1) is 0 Å². The largest absolute Gasteiger partial charge is 0.388 e. The molecule has 0 spiro atoms. The summed E-state index contributed by atoms with van der Waals surface area (Å²) in [5.41, 5.74) is 7.33. The van der Waals surface area contributed by atoms with Crippen molar-refractivity contribution in [2.45, 2.75) is 44.9 Å². The fourth-order valence-electron chi connectivity index (χ4n) is 4.11. The van der Waals surface area contributed by atoms with Crippen molar-refractivity contribution in [2.24, 2.45) is 5.73 Å². The molecule has 0 saturated carbocycles. The number of methoxy groups -OCH3 is 1. The van der Waals surface area contributed by atoms with Crippen LogP contribution in [-0.2, 0) is 11.3 Å². The second kappa shape index (κ2) is 8.74. The topological polar surface area (TPSA) is 127 Å². The first-order valence-corrected chi connectivity index (χ1v) is 10.6. The predicted molar refractivity (Wildman–Crippen MR) is 119 cm³/mol. The second-order valence-corrected chi connectivity index (χ2v) is 8.15. The molecular formula is C21H30N8O2. The molecule has 1 saturated heterocycles. The molecule has 3 aromatic rings. The maximum atomic E-state index is 9.64. The zero-order valence-electron chi connectivity index (χ0n) is 18.2. The first-order chi connectivity index (χ1) is 15.0. The summed E-state index contributed by atoms with van der Waals surface area (Å²) in [7, 11) is 1.72. The zero-order valence-corrected chi connectivity index (χ0v) is 18.2. The Kier molecular flexibility index (Phi) is 6.03. The normalized spacial score (nSPS) is 16.3. The van der Waals surface area contributed by atoms with Crippen LogP contribution in [0.4, 0.5) is 17.6 Å². The van der Waals surface area contributed by atoms with Crippen molar-refractivity contribution in [2.75, 3.05) is 37.0 Å². The van der Waals surface area contributed by atoms with E-state index in [2.05, 4.69) is 44.0 Å². The number of hydrogen-bond donors (Lipinski definition) is 3. The van der Waals surface area contributed by atoms with Gasteiger partial charge in [-0.2, -0.15) is 4.98 Å². The number of hydrogen-bond acceptors (Lipinski definition) is 9. The molecule has 166 valence electrons. The molecule has 0 unspecified atom stereocenters. The Labute approximate surface area is 181 Å². The van der Waals surface area contributed by atoms with Crippen LogP contribution < -0.4 is 16.0 Å². The Bertz CT molecular complexity index is 1040. The lowest BCUT2D eigenvalue weighted by Crippen LogP contribution is -2.50. The summed E-state index contributed by atoms with van der Waals surface area (Å²) in [6.07, 6.45) is 5.13. The Hall–Kier alpha value is -2.82.